The quantitative estimate of drug-likeness (QED) is 0.546. The molecule has 1 unspecified atom stereocenters. The van der Waals surface area contributed by atoms with Crippen LogP contribution in [-0.2, 0) is 0 Å². The van der Waals surface area contributed by atoms with Crippen LogP contribution < -0.4 is 9.47 Å². The lowest BCUT2D eigenvalue weighted by atomic mass is 9.94. The van der Waals surface area contributed by atoms with E-state index in [2.05, 4.69) is 29.2 Å². The van der Waals surface area contributed by atoms with Gasteiger partial charge in [-0.25, -0.2) is 0 Å². The molecular formula is C27H35NO3S. The maximum absolute atomic E-state index is 9.94. The molecule has 2 atom stereocenters. The van der Waals surface area contributed by atoms with E-state index in [-0.39, 0.29) is 6.10 Å². The topological polar surface area (TPSA) is 41.9 Å². The molecule has 2 aromatic carbocycles. The summed E-state index contributed by atoms with van der Waals surface area (Å²) in [6.07, 6.45) is 10.6. The molecule has 1 saturated carbocycles. The molecule has 5 heteroatoms. The molecule has 0 amide bonds. The Balaban J connectivity index is 1.25. The van der Waals surface area contributed by atoms with Gasteiger partial charge in [0.1, 0.15) is 30.0 Å². The Morgan fingerprint density at radius 2 is 1.69 bits per heavy atom. The van der Waals surface area contributed by atoms with Crippen LogP contribution in [0.5, 0.6) is 17.2 Å². The maximum atomic E-state index is 9.94. The lowest BCUT2D eigenvalue weighted by Crippen LogP contribution is -2.30. The second-order valence-electron chi connectivity index (χ2n) is 9.47. The van der Waals surface area contributed by atoms with Gasteiger partial charge in [-0.05, 0) is 80.6 Å². The fraction of sp³-hybridized carbons (Fsp3) is 0.556. The summed E-state index contributed by atoms with van der Waals surface area (Å²) in [6.45, 7) is 4.18. The highest BCUT2D eigenvalue weighted by Crippen LogP contribution is 2.51. The predicted molar refractivity (Wildman–Crippen MR) is 130 cm³/mol. The van der Waals surface area contributed by atoms with Crippen LogP contribution in [0.25, 0.3) is 0 Å². The molecule has 3 aliphatic rings. The molecule has 2 heterocycles. The minimum atomic E-state index is 0.0336. The van der Waals surface area contributed by atoms with E-state index < -0.39 is 0 Å². The van der Waals surface area contributed by atoms with Gasteiger partial charge < -0.3 is 14.6 Å². The molecule has 0 bridgehead atoms. The molecule has 5 rings (SSSR count). The maximum Gasteiger partial charge on any atom is 0.136 e. The van der Waals surface area contributed by atoms with Crippen LogP contribution in [0.1, 0.15) is 63.0 Å². The van der Waals surface area contributed by atoms with E-state index in [0.717, 1.165) is 29.5 Å². The molecule has 1 N–H and O–H groups in total. The lowest BCUT2D eigenvalue weighted by Gasteiger charge is -2.36. The normalized spacial score (nSPS) is 24.5. The Labute approximate surface area is 196 Å². The van der Waals surface area contributed by atoms with Crippen molar-refractivity contribution in [3.63, 3.8) is 0 Å². The molecule has 172 valence electrons. The lowest BCUT2D eigenvalue weighted by molar-refractivity contribution is 0.167. The highest BCUT2D eigenvalue weighted by molar-refractivity contribution is 8.00. The molecule has 2 aromatic rings. The van der Waals surface area contributed by atoms with E-state index in [1.165, 1.54) is 70.0 Å². The molecule has 0 radical (unpaired) electrons. The van der Waals surface area contributed by atoms with Crippen molar-refractivity contribution < 1.29 is 14.6 Å². The summed E-state index contributed by atoms with van der Waals surface area (Å²) in [5.41, 5.74) is 1.22. The molecule has 0 aromatic heterocycles. The fourth-order valence-electron chi connectivity index (χ4n) is 5.39. The summed E-state index contributed by atoms with van der Waals surface area (Å²) in [6, 6.07) is 14.0. The van der Waals surface area contributed by atoms with Crippen LogP contribution in [0, 0.1) is 5.92 Å². The van der Waals surface area contributed by atoms with Crippen LogP contribution in [0.3, 0.4) is 0 Å². The van der Waals surface area contributed by atoms with E-state index in [9.17, 15) is 5.11 Å². The molecule has 32 heavy (non-hydrogen) atoms. The third-order valence-corrected chi connectivity index (χ3v) is 8.67. The van der Waals surface area contributed by atoms with Crippen molar-refractivity contribution in [2.75, 3.05) is 26.2 Å². The number of ether oxygens (including phenoxy) is 2. The van der Waals surface area contributed by atoms with Crippen molar-refractivity contribution in [2.45, 2.75) is 67.6 Å². The number of phenolic OH excluding ortho intramolecular Hbond substituents is 1. The summed E-state index contributed by atoms with van der Waals surface area (Å²) in [7, 11) is 0. The minimum absolute atomic E-state index is 0.0336. The van der Waals surface area contributed by atoms with Crippen LogP contribution in [0.2, 0.25) is 0 Å². The summed E-state index contributed by atoms with van der Waals surface area (Å²) in [5.74, 6) is 2.79. The average molecular weight is 454 g/mol. The van der Waals surface area contributed by atoms with Crippen molar-refractivity contribution in [3.8, 4) is 17.2 Å². The van der Waals surface area contributed by atoms with Crippen LogP contribution >= 0.6 is 11.8 Å². The number of nitrogens with zero attached hydrogens (tertiary/aromatic N) is 1. The second-order valence-corrected chi connectivity index (χ2v) is 10.7. The number of phenols is 1. The van der Waals surface area contributed by atoms with Gasteiger partial charge in [0, 0.05) is 6.54 Å². The number of thioether (sulfide) groups is 1. The first-order valence-electron chi connectivity index (χ1n) is 12.4. The molecule has 0 spiro atoms. The summed E-state index contributed by atoms with van der Waals surface area (Å²) in [4.78, 5) is 3.60. The van der Waals surface area contributed by atoms with Crippen molar-refractivity contribution in [1.82, 2.24) is 4.90 Å². The summed E-state index contributed by atoms with van der Waals surface area (Å²) in [5, 5.41) is 10.3. The van der Waals surface area contributed by atoms with Gasteiger partial charge in [0.2, 0.25) is 0 Å². The van der Waals surface area contributed by atoms with Crippen molar-refractivity contribution >= 4 is 11.8 Å². The Hall–Kier alpha value is -1.85. The van der Waals surface area contributed by atoms with E-state index in [1.807, 2.05) is 23.9 Å². The first kappa shape index (κ1) is 22.0. The Kier molecular flexibility index (Phi) is 7.13. The molecule has 2 aliphatic heterocycles. The minimum Gasteiger partial charge on any atom is -0.508 e. The van der Waals surface area contributed by atoms with Gasteiger partial charge in [0.15, 0.2) is 0 Å². The molecule has 2 fully saturated rings. The van der Waals surface area contributed by atoms with Crippen LogP contribution in [0.4, 0.5) is 0 Å². The Morgan fingerprint density at radius 3 is 2.44 bits per heavy atom. The standard InChI is InChI=1S/C27H35NO3S/c29-22-11-14-24-25(19-22)32-27(21-7-3-4-8-21)26(31-24)20-9-12-23(13-10-20)30-18-17-28-15-5-1-2-6-16-28/h9-14,19,21,26-27,29H,1-8,15-18H2/t26-,27?/m0/s1. The van der Waals surface area contributed by atoms with Crippen molar-refractivity contribution in [2.24, 2.45) is 5.92 Å². The van der Waals surface area contributed by atoms with Gasteiger partial charge in [-0.1, -0.05) is 37.8 Å². The van der Waals surface area contributed by atoms with Gasteiger partial charge in [-0.2, -0.15) is 0 Å². The number of fused-ring (bicyclic) bond motifs is 1. The zero-order chi connectivity index (χ0) is 21.8. The SMILES string of the molecule is Oc1ccc2c(c1)SC(C1CCCC1)[C@H](c1ccc(OCCN3CCCCCC3)cc1)O2. The first-order valence-corrected chi connectivity index (χ1v) is 13.3. The van der Waals surface area contributed by atoms with Gasteiger partial charge in [-0.3, -0.25) is 4.90 Å². The van der Waals surface area contributed by atoms with Crippen LogP contribution in [0.15, 0.2) is 47.4 Å². The first-order chi connectivity index (χ1) is 15.8. The molecule has 1 aliphatic carbocycles. The van der Waals surface area contributed by atoms with Crippen LogP contribution in [-0.4, -0.2) is 41.5 Å². The zero-order valence-electron chi connectivity index (χ0n) is 18.9. The zero-order valence-corrected chi connectivity index (χ0v) is 19.7. The Bertz CT molecular complexity index is 873. The highest BCUT2D eigenvalue weighted by Gasteiger charge is 2.38. The molecule has 4 nitrogen and oxygen atoms in total. The third kappa shape index (κ3) is 5.20. The van der Waals surface area contributed by atoms with E-state index >= 15 is 0 Å². The largest absolute Gasteiger partial charge is 0.508 e. The second kappa shape index (κ2) is 10.4. The van der Waals surface area contributed by atoms with Crippen molar-refractivity contribution in [3.05, 3.63) is 48.0 Å². The van der Waals surface area contributed by atoms with Gasteiger partial charge in [-0.15, -0.1) is 11.8 Å². The smallest absolute Gasteiger partial charge is 0.136 e. The number of aromatic hydroxyl groups is 1. The number of benzene rings is 2. The summed E-state index contributed by atoms with van der Waals surface area (Å²) < 4.78 is 12.6. The monoisotopic (exact) mass is 453 g/mol. The van der Waals surface area contributed by atoms with Gasteiger partial charge in [0.05, 0.1) is 10.1 Å². The number of rotatable bonds is 6. The molecule has 1 saturated heterocycles. The van der Waals surface area contributed by atoms with E-state index in [0.29, 0.717) is 16.9 Å². The average Bonchev–Trinajstić information content (AvgIpc) is 3.23. The summed E-state index contributed by atoms with van der Waals surface area (Å²) >= 11 is 1.89. The van der Waals surface area contributed by atoms with Gasteiger partial charge >= 0.3 is 0 Å². The number of hydrogen-bond acceptors (Lipinski definition) is 5. The van der Waals surface area contributed by atoms with Gasteiger partial charge in [0.25, 0.3) is 0 Å². The predicted octanol–water partition coefficient (Wildman–Crippen LogP) is 6.43. The fourth-order valence-corrected chi connectivity index (χ4v) is 6.91. The van der Waals surface area contributed by atoms with E-state index in [1.54, 1.807) is 6.07 Å². The highest BCUT2D eigenvalue weighted by atomic mass is 32.2. The molecular weight excluding hydrogens is 418 g/mol. The van der Waals surface area contributed by atoms with Crippen molar-refractivity contribution in [1.29, 1.82) is 0 Å². The number of hydrogen-bond donors (Lipinski definition) is 1. The Morgan fingerprint density at radius 1 is 0.938 bits per heavy atom. The van der Waals surface area contributed by atoms with E-state index in [4.69, 9.17) is 9.47 Å². The number of likely N-dealkylation sites (tertiary alicyclic amines) is 1. The third-order valence-electron chi connectivity index (χ3n) is 7.19.